The minimum Gasteiger partial charge on any atom is -0.392 e. The van der Waals surface area contributed by atoms with Gasteiger partial charge in [0.1, 0.15) is 0 Å². The first-order chi connectivity index (χ1) is 7.18. The van der Waals surface area contributed by atoms with Crippen LogP contribution in [0.25, 0.3) is 0 Å². The van der Waals surface area contributed by atoms with Crippen LogP contribution in [0.1, 0.15) is 34.1 Å². The molecule has 0 aromatic carbocycles. The number of hydrogen-bond donors (Lipinski definition) is 2. The van der Waals surface area contributed by atoms with E-state index in [-0.39, 0.29) is 28.6 Å². The molecular formula is C11H23NO3S. The quantitative estimate of drug-likeness (QED) is 0.747. The lowest BCUT2D eigenvalue weighted by Crippen LogP contribution is -2.60. The van der Waals surface area contributed by atoms with Crippen LogP contribution in [0.4, 0.5) is 0 Å². The molecule has 4 nitrogen and oxygen atoms in total. The molecule has 1 fully saturated rings. The van der Waals surface area contributed by atoms with Crippen LogP contribution in [0, 0.1) is 5.41 Å². The van der Waals surface area contributed by atoms with E-state index in [2.05, 4.69) is 5.32 Å². The van der Waals surface area contributed by atoms with Crippen LogP contribution in [0.2, 0.25) is 0 Å². The van der Waals surface area contributed by atoms with Crippen LogP contribution in [-0.4, -0.2) is 43.2 Å². The lowest BCUT2D eigenvalue weighted by Gasteiger charge is -2.49. The van der Waals surface area contributed by atoms with Gasteiger partial charge in [0.15, 0.2) is 9.84 Å². The largest absolute Gasteiger partial charge is 0.392 e. The maximum Gasteiger partial charge on any atom is 0.153 e. The van der Waals surface area contributed by atoms with Crippen LogP contribution in [0.3, 0.4) is 0 Å². The molecule has 2 N–H and O–H groups in total. The van der Waals surface area contributed by atoms with Gasteiger partial charge in [-0.3, -0.25) is 0 Å². The molecule has 0 aromatic heterocycles. The topological polar surface area (TPSA) is 66.4 Å². The van der Waals surface area contributed by atoms with Crippen molar-refractivity contribution < 1.29 is 13.5 Å². The zero-order valence-electron chi connectivity index (χ0n) is 10.5. The Morgan fingerprint density at radius 2 is 2.00 bits per heavy atom. The number of rotatable bonds is 5. The third-order valence-corrected chi connectivity index (χ3v) is 5.92. The second kappa shape index (κ2) is 4.63. The van der Waals surface area contributed by atoms with Crippen molar-refractivity contribution in [1.82, 2.24) is 5.32 Å². The van der Waals surface area contributed by atoms with Gasteiger partial charge in [-0.15, -0.1) is 0 Å². The van der Waals surface area contributed by atoms with E-state index < -0.39 is 9.84 Å². The van der Waals surface area contributed by atoms with Gasteiger partial charge in [0, 0.05) is 18.0 Å². The van der Waals surface area contributed by atoms with E-state index in [0.717, 1.165) is 0 Å². The predicted molar refractivity (Wildman–Crippen MR) is 65.1 cm³/mol. The van der Waals surface area contributed by atoms with Gasteiger partial charge >= 0.3 is 0 Å². The highest BCUT2D eigenvalue weighted by molar-refractivity contribution is 7.92. The number of aliphatic hydroxyl groups is 1. The molecule has 1 saturated carbocycles. The molecule has 0 bridgehead atoms. The molecule has 1 rings (SSSR count). The fourth-order valence-corrected chi connectivity index (χ4v) is 2.73. The van der Waals surface area contributed by atoms with Crippen molar-refractivity contribution >= 4 is 9.84 Å². The fraction of sp³-hybridized carbons (Fsp3) is 1.00. The smallest absolute Gasteiger partial charge is 0.153 e. The standard InChI is InChI=1S/C11H23NO3S/c1-8(2)16(14,15)6-5-12-9-7-10(13)11(9,3)4/h8-10,12-13H,5-7H2,1-4H3. The Morgan fingerprint density at radius 1 is 1.44 bits per heavy atom. The molecule has 16 heavy (non-hydrogen) atoms. The molecule has 0 aromatic rings. The molecule has 0 radical (unpaired) electrons. The Morgan fingerprint density at radius 3 is 2.38 bits per heavy atom. The molecule has 0 heterocycles. The van der Waals surface area contributed by atoms with Crippen LogP contribution in [0.15, 0.2) is 0 Å². The summed E-state index contributed by atoms with van der Waals surface area (Å²) in [6.07, 6.45) is 0.445. The lowest BCUT2D eigenvalue weighted by atomic mass is 9.64. The summed E-state index contributed by atoms with van der Waals surface area (Å²) in [7, 11) is -2.95. The summed E-state index contributed by atoms with van der Waals surface area (Å²) >= 11 is 0. The predicted octanol–water partition coefficient (Wildman–Crippen LogP) is 0.559. The first-order valence-corrected chi connectivity index (χ1v) is 7.52. The molecular weight excluding hydrogens is 226 g/mol. The van der Waals surface area contributed by atoms with Crippen LogP contribution in [-0.2, 0) is 9.84 Å². The maximum absolute atomic E-state index is 11.6. The van der Waals surface area contributed by atoms with E-state index in [1.165, 1.54) is 0 Å². The maximum atomic E-state index is 11.6. The Kier molecular flexibility index (Phi) is 4.03. The van der Waals surface area contributed by atoms with Crippen molar-refractivity contribution in [2.24, 2.45) is 5.41 Å². The van der Waals surface area contributed by atoms with E-state index >= 15 is 0 Å². The SMILES string of the molecule is CC(C)S(=O)(=O)CCNC1CC(O)C1(C)C. The monoisotopic (exact) mass is 249 g/mol. The summed E-state index contributed by atoms with van der Waals surface area (Å²) in [5.41, 5.74) is -0.137. The van der Waals surface area contributed by atoms with Crippen molar-refractivity contribution in [2.75, 3.05) is 12.3 Å². The Bertz CT molecular complexity index is 335. The van der Waals surface area contributed by atoms with E-state index in [1.54, 1.807) is 13.8 Å². The van der Waals surface area contributed by atoms with Gasteiger partial charge in [-0.25, -0.2) is 8.42 Å². The number of aliphatic hydroxyl groups excluding tert-OH is 1. The first kappa shape index (κ1) is 13.9. The molecule has 96 valence electrons. The molecule has 0 spiro atoms. The Balaban J connectivity index is 2.33. The van der Waals surface area contributed by atoms with Gasteiger partial charge in [0.25, 0.3) is 0 Å². The second-order valence-corrected chi connectivity index (χ2v) is 8.17. The van der Waals surface area contributed by atoms with Crippen molar-refractivity contribution in [1.29, 1.82) is 0 Å². The van der Waals surface area contributed by atoms with Crippen LogP contribution < -0.4 is 5.32 Å². The van der Waals surface area contributed by atoms with E-state index in [4.69, 9.17) is 0 Å². The van der Waals surface area contributed by atoms with Crippen LogP contribution in [0.5, 0.6) is 0 Å². The molecule has 0 saturated heterocycles. The average molecular weight is 249 g/mol. The van der Waals surface area contributed by atoms with E-state index in [0.29, 0.717) is 13.0 Å². The van der Waals surface area contributed by atoms with Gasteiger partial charge in [-0.2, -0.15) is 0 Å². The van der Waals surface area contributed by atoms with Crippen LogP contribution >= 0.6 is 0 Å². The van der Waals surface area contributed by atoms with Crippen molar-refractivity contribution in [3.05, 3.63) is 0 Å². The fourth-order valence-electron chi connectivity index (χ4n) is 1.86. The lowest BCUT2D eigenvalue weighted by molar-refractivity contribution is -0.0716. The van der Waals surface area contributed by atoms with Gasteiger partial charge in [-0.1, -0.05) is 13.8 Å². The highest BCUT2D eigenvalue weighted by Gasteiger charge is 2.46. The second-order valence-electron chi connectivity index (χ2n) is 5.50. The zero-order valence-corrected chi connectivity index (χ0v) is 11.3. The van der Waals surface area contributed by atoms with Gasteiger partial charge < -0.3 is 10.4 Å². The third-order valence-electron chi connectivity index (χ3n) is 3.71. The van der Waals surface area contributed by atoms with Gasteiger partial charge in [-0.05, 0) is 20.3 Å². The molecule has 5 heteroatoms. The highest BCUT2D eigenvalue weighted by Crippen LogP contribution is 2.40. The normalized spacial score (nSPS) is 29.1. The van der Waals surface area contributed by atoms with Crippen molar-refractivity contribution in [2.45, 2.75) is 51.5 Å². The van der Waals surface area contributed by atoms with Crippen molar-refractivity contribution in [3.63, 3.8) is 0 Å². The first-order valence-electron chi connectivity index (χ1n) is 5.81. The molecule has 1 aliphatic carbocycles. The minimum atomic E-state index is -2.95. The summed E-state index contributed by atoms with van der Waals surface area (Å²) in [5, 5.41) is 12.4. The summed E-state index contributed by atoms with van der Waals surface area (Å²) < 4.78 is 23.1. The van der Waals surface area contributed by atoms with Crippen molar-refractivity contribution in [3.8, 4) is 0 Å². The zero-order chi connectivity index (χ0) is 12.6. The number of hydrogen-bond acceptors (Lipinski definition) is 4. The van der Waals surface area contributed by atoms with Gasteiger partial charge in [0.05, 0.1) is 17.1 Å². The summed E-state index contributed by atoms with van der Waals surface area (Å²) in [6, 6.07) is 0.227. The summed E-state index contributed by atoms with van der Waals surface area (Å²) in [6.45, 7) is 7.87. The summed E-state index contributed by atoms with van der Waals surface area (Å²) in [4.78, 5) is 0. The van der Waals surface area contributed by atoms with E-state index in [1.807, 2.05) is 13.8 Å². The summed E-state index contributed by atoms with van der Waals surface area (Å²) in [5.74, 6) is 0.174. The molecule has 0 aliphatic heterocycles. The molecule has 0 amide bonds. The number of sulfone groups is 1. The third kappa shape index (κ3) is 2.76. The number of nitrogens with one attached hydrogen (secondary N) is 1. The molecule has 2 atom stereocenters. The van der Waals surface area contributed by atoms with E-state index in [9.17, 15) is 13.5 Å². The molecule has 2 unspecified atom stereocenters. The molecule has 1 aliphatic rings. The average Bonchev–Trinajstić information content (AvgIpc) is 2.16. The Hall–Kier alpha value is -0.130. The highest BCUT2D eigenvalue weighted by atomic mass is 32.2. The minimum absolute atomic E-state index is 0.137. The van der Waals surface area contributed by atoms with Gasteiger partial charge in [0.2, 0.25) is 0 Å². The Labute approximate surface area is 98.4 Å².